The van der Waals surface area contributed by atoms with E-state index in [0.717, 1.165) is 28.1 Å². The van der Waals surface area contributed by atoms with Gasteiger partial charge >= 0.3 is 0 Å². The van der Waals surface area contributed by atoms with Crippen LogP contribution in [0.4, 0.5) is 5.69 Å². The van der Waals surface area contributed by atoms with E-state index in [0.29, 0.717) is 5.57 Å². The molecule has 2 nitrogen and oxygen atoms in total. The zero-order chi connectivity index (χ0) is 15.0. The predicted molar refractivity (Wildman–Crippen MR) is 87.3 cm³/mol. The van der Waals surface area contributed by atoms with Crippen molar-refractivity contribution in [2.24, 2.45) is 0 Å². The molecule has 3 rings (SSSR count). The van der Waals surface area contributed by atoms with Gasteiger partial charge in [0.2, 0.25) is 0 Å². The first kappa shape index (κ1) is 13.4. The highest BCUT2D eigenvalue weighted by Crippen LogP contribution is 2.34. The van der Waals surface area contributed by atoms with Gasteiger partial charge in [-0.05, 0) is 37.1 Å². The van der Waals surface area contributed by atoms with Gasteiger partial charge in [0.1, 0.15) is 0 Å². The second-order valence-electron chi connectivity index (χ2n) is 5.34. The van der Waals surface area contributed by atoms with Crippen molar-refractivity contribution in [1.29, 1.82) is 0 Å². The Labute approximate surface area is 124 Å². The fourth-order valence-corrected chi connectivity index (χ4v) is 2.57. The van der Waals surface area contributed by atoms with Gasteiger partial charge < -0.3 is 5.32 Å². The van der Waals surface area contributed by atoms with E-state index in [-0.39, 0.29) is 5.78 Å². The second kappa shape index (κ2) is 5.06. The van der Waals surface area contributed by atoms with Crippen molar-refractivity contribution >= 4 is 17.0 Å². The van der Waals surface area contributed by atoms with Crippen molar-refractivity contribution in [3.8, 4) is 0 Å². The molecule has 0 aliphatic heterocycles. The lowest BCUT2D eigenvalue weighted by molar-refractivity contribution is 0.103. The number of nitrogens with one attached hydrogen (secondary N) is 1. The Hall–Kier alpha value is -2.61. The van der Waals surface area contributed by atoms with Crippen LogP contribution in [0.25, 0.3) is 5.57 Å². The minimum Gasteiger partial charge on any atom is -0.355 e. The number of rotatable bonds is 2. The molecule has 0 radical (unpaired) electrons. The molecule has 1 N–H and O–H groups in total. The van der Waals surface area contributed by atoms with Gasteiger partial charge in [-0.1, -0.05) is 48.5 Å². The standard InChI is InChI=1S/C19H17NO/c1-12-8-10-15(11-9-12)20-18-13(2)16-6-4-5-7-17(16)19(21)14(18)3/h4-11,20H,2H2,1,3H3. The number of carbonyl (C=O) groups excluding carboxylic acids is 1. The van der Waals surface area contributed by atoms with Crippen LogP contribution in [0.2, 0.25) is 0 Å². The van der Waals surface area contributed by atoms with Gasteiger partial charge in [0.05, 0.1) is 5.70 Å². The average molecular weight is 275 g/mol. The molecule has 2 aromatic carbocycles. The molecule has 0 atom stereocenters. The number of Topliss-reactive ketones (excluding diaryl/α,β-unsaturated/α-hetero) is 1. The van der Waals surface area contributed by atoms with Crippen molar-refractivity contribution in [2.45, 2.75) is 13.8 Å². The average Bonchev–Trinajstić information content (AvgIpc) is 2.51. The molecule has 0 saturated heterocycles. The SMILES string of the molecule is C=C1C(Nc2ccc(C)cc2)=C(C)C(=O)c2ccccc21. The first-order valence-corrected chi connectivity index (χ1v) is 6.96. The molecule has 0 unspecified atom stereocenters. The zero-order valence-corrected chi connectivity index (χ0v) is 12.2. The lowest BCUT2D eigenvalue weighted by atomic mass is 9.85. The van der Waals surface area contributed by atoms with Crippen LogP contribution in [0.3, 0.4) is 0 Å². The number of carbonyl (C=O) groups is 1. The first-order valence-electron chi connectivity index (χ1n) is 6.96. The van der Waals surface area contributed by atoms with Crippen molar-refractivity contribution in [2.75, 3.05) is 5.32 Å². The highest BCUT2D eigenvalue weighted by Gasteiger charge is 2.25. The van der Waals surface area contributed by atoms with Gasteiger partial charge in [-0.15, -0.1) is 0 Å². The number of ketones is 1. The lowest BCUT2D eigenvalue weighted by Crippen LogP contribution is -2.17. The third-order valence-electron chi connectivity index (χ3n) is 3.84. The number of anilines is 1. The Kier molecular flexibility index (Phi) is 3.22. The molecule has 104 valence electrons. The van der Waals surface area contributed by atoms with Crippen LogP contribution < -0.4 is 5.32 Å². The van der Waals surface area contributed by atoms with Gasteiger partial charge in [-0.3, -0.25) is 4.79 Å². The molecule has 0 bridgehead atoms. The quantitative estimate of drug-likeness (QED) is 0.868. The Morgan fingerprint density at radius 3 is 2.19 bits per heavy atom. The maximum atomic E-state index is 12.5. The smallest absolute Gasteiger partial charge is 0.191 e. The van der Waals surface area contributed by atoms with Crippen molar-refractivity contribution < 1.29 is 4.79 Å². The number of hydrogen-bond donors (Lipinski definition) is 1. The van der Waals surface area contributed by atoms with Gasteiger partial charge in [0, 0.05) is 16.8 Å². The van der Waals surface area contributed by atoms with Crippen molar-refractivity contribution in [3.63, 3.8) is 0 Å². The lowest BCUT2D eigenvalue weighted by Gasteiger charge is -2.23. The van der Waals surface area contributed by atoms with Gasteiger partial charge in [0.25, 0.3) is 0 Å². The molecule has 0 aromatic heterocycles. The monoisotopic (exact) mass is 275 g/mol. The Balaban J connectivity index is 2.02. The summed E-state index contributed by atoms with van der Waals surface area (Å²) in [5, 5.41) is 3.34. The van der Waals surface area contributed by atoms with Crippen LogP contribution >= 0.6 is 0 Å². The summed E-state index contributed by atoms with van der Waals surface area (Å²) < 4.78 is 0. The molecular weight excluding hydrogens is 258 g/mol. The molecule has 0 saturated carbocycles. The third kappa shape index (κ3) is 2.29. The molecule has 0 amide bonds. The predicted octanol–water partition coefficient (Wildman–Crippen LogP) is 4.59. The number of benzene rings is 2. The van der Waals surface area contributed by atoms with E-state index in [9.17, 15) is 4.79 Å². The van der Waals surface area contributed by atoms with E-state index in [1.54, 1.807) is 0 Å². The van der Waals surface area contributed by atoms with Gasteiger partial charge in [-0.2, -0.15) is 0 Å². The van der Waals surface area contributed by atoms with Crippen LogP contribution in [-0.4, -0.2) is 5.78 Å². The molecule has 2 heteroatoms. The Morgan fingerprint density at radius 1 is 0.905 bits per heavy atom. The normalized spacial score (nSPS) is 14.2. The van der Waals surface area contributed by atoms with E-state index in [1.165, 1.54) is 5.56 Å². The number of allylic oxidation sites excluding steroid dienone is 2. The van der Waals surface area contributed by atoms with E-state index in [1.807, 2.05) is 62.4 Å². The largest absolute Gasteiger partial charge is 0.355 e. The summed E-state index contributed by atoms with van der Waals surface area (Å²) in [6.07, 6.45) is 0. The molecule has 2 aromatic rings. The van der Waals surface area contributed by atoms with Crippen molar-refractivity contribution in [3.05, 3.63) is 83.1 Å². The molecule has 1 aliphatic rings. The zero-order valence-electron chi connectivity index (χ0n) is 12.2. The number of fused-ring (bicyclic) bond motifs is 1. The third-order valence-corrected chi connectivity index (χ3v) is 3.84. The Bertz CT molecular complexity index is 766. The maximum Gasteiger partial charge on any atom is 0.191 e. The molecule has 0 fully saturated rings. The fraction of sp³-hybridized carbons (Fsp3) is 0.105. The van der Waals surface area contributed by atoms with Crippen LogP contribution in [0, 0.1) is 6.92 Å². The maximum absolute atomic E-state index is 12.5. The summed E-state index contributed by atoms with van der Waals surface area (Å²) >= 11 is 0. The second-order valence-corrected chi connectivity index (χ2v) is 5.34. The molecular formula is C19H17NO. The summed E-state index contributed by atoms with van der Waals surface area (Å²) in [7, 11) is 0. The summed E-state index contributed by atoms with van der Waals surface area (Å²) in [4.78, 5) is 12.5. The molecule has 0 spiro atoms. The topological polar surface area (TPSA) is 29.1 Å². The van der Waals surface area contributed by atoms with E-state index < -0.39 is 0 Å². The fourth-order valence-electron chi connectivity index (χ4n) is 2.57. The van der Waals surface area contributed by atoms with Crippen LogP contribution in [0.5, 0.6) is 0 Å². The minimum absolute atomic E-state index is 0.0626. The summed E-state index contributed by atoms with van der Waals surface area (Å²) in [6, 6.07) is 15.7. The number of aryl methyl sites for hydroxylation is 1. The summed E-state index contributed by atoms with van der Waals surface area (Å²) in [5.41, 5.74) is 6.18. The minimum atomic E-state index is 0.0626. The highest BCUT2D eigenvalue weighted by molar-refractivity contribution is 6.17. The first-order chi connectivity index (χ1) is 10.1. The van der Waals surface area contributed by atoms with E-state index in [4.69, 9.17) is 0 Å². The highest BCUT2D eigenvalue weighted by atomic mass is 16.1. The van der Waals surface area contributed by atoms with E-state index >= 15 is 0 Å². The van der Waals surface area contributed by atoms with Crippen LogP contribution in [-0.2, 0) is 0 Å². The van der Waals surface area contributed by atoms with Gasteiger partial charge in [-0.25, -0.2) is 0 Å². The van der Waals surface area contributed by atoms with Crippen molar-refractivity contribution in [1.82, 2.24) is 0 Å². The van der Waals surface area contributed by atoms with Crippen LogP contribution in [0.15, 0.2) is 66.4 Å². The van der Waals surface area contributed by atoms with Crippen LogP contribution in [0.1, 0.15) is 28.4 Å². The van der Waals surface area contributed by atoms with Gasteiger partial charge in [0.15, 0.2) is 5.78 Å². The molecule has 0 heterocycles. The summed E-state index contributed by atoms with van der Waals surface area (Å²) in [6.45, 7) is 8.06. The summed E-state index contributed by atoms with van der Waals surface area (Å²) in [5.74, 6) is 0.0626. The van der Waals surface area contributed by atoms with E-state index in [2.05, 4.69) is 11.9 Å². The Morgan fingerprint density at radius 2 is 1.52 bits per heavy atom. The molecule has 21 heavy (non-hydrogen) atoms. The number of hydrogen-bond acceptors (Lipinski definition) is 2. The molecule has 1 aliphatic carbocycles.